The molecule has 0 aliphatic carbocycles. The second kappa shape index (κ2) is 7.14. The molecule has 0 radical (unpaired) electrons. The predicted octanol–water partition coefficient (Wildman–Crippen LogP) is 3.73. The highest BCUT2D eigenvalue weighted by atomic mass is 28.4. The van der Waals surface area contributed by atoms with Crippen LogP contribution in [0.5, 0.6) is 0 Å². The molecule has 100 valence electrons. The van der Waals surface area contributed by atoms with Crippen LogP contribution in [0.1, 0.15) is 27.7 Å². The monoisotopic (exact) mass is 255 g/mol. The molecule has 0 heterocycles. The van der Waals surface area contributed by atoms with E-state index in [0.29, 0.717) is 5.04 Å². The van der Waals surface area contributed by atoms with E-state index in [-0.39, 0.29) is 0 Å². The second-order valence-corrected chi connectivity index (χ2v) is 10.8. The number of rotatable bonds is 7. The molecule has 0 aromatic carbocycles. The Labute approximate surface area is 108 Å². The van der Waals surface area contributed by atoms with Gasteiger partial charge in [-0.2, -0.15) is 0 Å². The quantitative estimate of drug-likeness (QED) is 0.425. The first-order valence-electron chi connectivity index (χ1n) is 6.33. The van der Waals surface area contributed by atoms with E-state index in [1.54, 1.807) is 0 Å². The third kappa shape index (κ3) is 6.81. The van der Waals surface area contributed by atoms with Crippen LogP contribution >= 0.6 is 0 Å². The highest BCUT2D eigenvalue weighted by molar-refractivity contribution is 6.74. The minimum Gasteiger partial charge on any atom is -0.416 e. The van der Waals surface area contributed by atoms with Crippen molar-refractivity contribution in [2.45, 2.75) is 45.8 Å². The van der Waals surface area contributed by atoms with Crippen LogP contribution in [0.2, 0.25) is 18.1 Å². The normalized spacial score (nSPS) is 13.9. The minimum atomic E-state index is -1.57. The molecule has 2 nitrogen and oxygen atoms in total. The molecule has 0 rings (SSSR count). The van der Waals surface area contributed by atoms with Crippen molar-refractivity contribution in [3.63, 3.8) is 0 Å². The van der Waals surface area contributed by atoms with E-state index in [9.17, 15) is 0 Å². The van der Waals surface area contributed by atoms with Gasteiger partial charge in [0.25, 0.3) is 0 Å². The summed E-state index contributed by atoms with van der Waals surface area (Å²) in [5, 5.41) is 3.67. The summed E-state index contributed by atoms with van der Waals surface area (Å²) in [6.07, 6.45) is 3.85. The molecule has 3 heteroatoms. The van der Waals surface area contributed by atoms with Crippen molar-refractivity contribution in [2.75, 3.05) is 19.7 Å². The van der Waals surface area contributed by atoms with Crippen molar-refractivity contribution in [1.82, 2.24) is 5.32 Å². The molecule has 0 spiro atoms. The van der Waals surface area contributed by atoms with Crippen LogP contribution in [0.25, 0.3) is 0 Å². The van der Waals surface area contributed by atoms with Crippen molar-refractivity contribution >= 4 is 8.32 Å². The van der Waals surface area contributed by atoms with Gasteiger partial charge in [0.05, 0.1) is 0 Å². The van der Waals surface area contributed by atoms with Gasteiger partial charge in [0.15, 0.2) is 8.32 Å². The second-order valence-electron chi connectivity index (χ2n) is 6.03. The predicted molar refractivity (Wildman–Crippen MR) is 80.0 cm³/mol. The van der Waals surface area contributed by atoms with Gasteiger partial charge in [0.1, 0.15) is 0 Å². The third-order valence-corrected chi connectivity index (χ3v) is 7.89. The molecule has 0 bridgehead atoms. The van der Waals surface area contributed by atoms with E-state index in [0.717, 1.165) is 19.7 Å². The van der Waals surface area contributed by atoms with Gasteiger partial charge in [0, 0.05) is 19.7 Å². The summed E-state index contributed by atoms with van der Waals surface area (Å²) in [6, 6.07) is 0. The Morgan fingerprint density at radius 2 is 1.94 bits per heavy atom. The van der Waals surface area contributed by atoms with Crippen molar-refractivity contribution < 1.29 is 4.43 Å². The average Bonchev–Trinajstić information content (AvgIpc) is 2.15. The molecule has 0 fully saturated rings. The molecule has 0 unspecified atom stereocenters. The van der Waals surface area contributed by atoms with Gasteiger partial charge in [-0.15, -0.1) is 0 Å². The summed E-state index contributed by atoms with van der Waals surface area (Å²) in [6.45, 7) is 19.8. The molecular weight excluding hydrogens is 226 g/mol. The lowest BCUT2D eigenvalue weighted by atomic mass is 10.2. The molecule has 0 aromatic heterocycles. The van der Waals surface area contributed by atoms with E-state index in [4.69, 9.17) is 4.43 Å². The molecule has 0 aliphatic rings. The van der Waals surface area contributed by atoms with Gasteiger partial charge in [-0.25, -0.2) is 0 Å². The Balaban J connectivity index is 3.79. The minimum absolute atomic E-state index is 0.297. The number of hydrogen-bond donors (Lipinski definition) is 1. The van der Waals surface area contributed by atoms with E-state index >= 15 is 0 Å². The number of allylic oxidation sites excluding steroid dienone is 2. The van der Waals surface area contributed by atoms with Crippen molar-refractivity contribution in [3.8, 4) is 0 Å². The first-order chi connectivity index (χ1) is 7.70. The van der Waals surface area contributed by atoms with Crippen molar-refractivity contribution in [1.29, 1.82) is 0 Å². The largest absolute Gasteiger partial charge is 0.416 e. The summed E-state index contributed by atoms with van der Waals surface area (Å²) < 4.78 is 6.07. The molecule has 17 heavy (non-hydrogen) atoms. The smallest absolute Gasteiger partial charge is 0.192 e. The molecule has 0 amide bonds. The van der Waals surface area contributed by atoms with E-state index in [1.807, 2.05) is 12.2 Å². The maximum atomic E-state index is 6.07. The van der Waals surface area contributed by atoms with Gasteiger partial charge in [0.2, 0.25) is 0 Å². The van der Waals surface area contributed by atoms with E-state index in [2.05, 4.69) is 52.7 Å². The standard InChI is InChI=1S/C14H29NOSi/c1-8-9-13(2)12-15-10-11-16-17(6,7)14(3,4)5/h8-9,15H,1,10-12H2,2-7H3/b13-9+. The van der Waals surface area contributed by atoms with E-state index < -0.39 is 8.32 Å². The fraction of sp³-hybridized carbons (Fsp3) is 0.714. The maximum Gasteiger partial charge on any atom is 0.192 e. The molecular formula is C14H29NOSi. The van der Waals surface area contributed by atoms with Crippen LogP contribution in [0.15, 0.2) is 24.3 Å². The van der Waals surface area contributed by atoms with Crippen LogP contribution in [0, 0.1) is 0 Å². The summed E-state index contributed by atoms with van der Waals surface area (Å²) in [5.41, 5.74) is 1.30. The van der Waals surface area contributed by atoms with Crippen LogP contribution in [-0.4, -0.2) is 28.0 Å². The third-order valence-electron chi connectivity index (χ3n) is 3.35. The zero-order valence-corrected chi connectivity index (χ0v) is 13.4. The zero-order chi connectivity index (χ0) is 13.5. The fourth-order valence-electron chi connectivity index (χ4n) is 1.14. The summed E-state index contributed by atoms with van der Waals surface area (Å²) in [5.74, 6) is 0. The van der Waals surface area contributed by atoms with Gasteiger partial charge in [-0.1, -0.05) is 45.1 Å². The lowest BCUT2D eigenvalue weighted by molar-refractivity contribution is 0.287. The Morgan fingerprint density at radius 3 is 2.41 bits per heavy atom. The highest BCUT2D eigenvalue weighted by Gasteiger charge is 2.36. The average molecular weight is 255 g/mol. The molecule has 0 atom stereocenters. The van der Waals surface area contributed by atoms with Crippen LogP contribution in [0.3, 0.4) is 0 Å². The number of nitrogens with one attached hydrogen (secondary N) is 1. The molecule has 0 saturated carbocycles. The molecule has 0 aliphatic heterocycles. The lowest BCUT2D eigenvalue weighted by Crippen LogP contribution is -2.42. The lowest BCUT2D eigenvalue weighted by Gasteiger charge is -2.36. The summed E-state index contributed by atoms with van der Waals surface area (Å²) in [7, 11) is -1.57. The van der Waals surface area contributed by atoms with Gasteiger partial charge < -0.3 is 9.74 Å². The molecule has 0 saturated heterocycles. The summed E-state index contributed by atoms with van der Waals surface area (Å²) >= 11 is 0. The van der Waals surface area contributed by atoms with Gasteiger partial charge in [-0.3, -0.25) is 0 Å². The Morgan fingerprint density at radius 1 is 1.35 bits per heavy atom. The SMILES string of the molecule is C=C/C=C(\C)CNCCO[Si](C)(C)C(C)(C)C. The van der Waals surface area contributed by atoms with Gasteiger partial charge >= 0.3 is 0 Å². The van der Waals surface area contributed by atoms with Crippen LogP contribution in [-0.2, 0) is 4.43 Å². The highest BCUT2D eigenvalue weighted by Crippen LogP contribution is 2.36. The zero-order valence-electron chi connectivity index (χ0n) is 12.4. The van der Waals surface area contributed by atoms with Crippen LogP contribution < -0.4 is 5.32 Å². The maximum absolute atomic E-state index is 6.07. The topological polar surface area (TPSA) is 21.3 Å². The van der Waals surface area contributed by atoms with Crippen molar-refractivity contribution in [2.24, 2.45) is 0 Å². The Bertz CT molecular complexity index is 264. The first kappa shape index (κ1) is 16.6. The number of hydrogen-bond acceptors (Lipinski definition) is 2. The first-order valence-corrected chi connectivity index (χ1v) is 9.24. The Hall–Kier alpha value is -0.383. The molecule has 1 N–H and O–H groups in total. The molecule has 0 aromatic rings. The van der Waals surface area contributed by atoms with E-state index in [1.165, 1.54) is 5.57 Å². The summed E-state index contributed by atoms with van der Waals surface area (Å²) in [4.78, 5) is 0. The fourth-order valence-corrected chi connectivity index (χ4v) is 2.19. The van der Waals surface area contributed by atoms with Gasteiger partial charge in [-0.05, 0) is 25.1 Å². The van der Waals surface area contributed by atoms with Crippen molar-refractivity contribution in [3.05, 3.63) is 24.3 Å². The Kier molecular flexibility index (Phi) is 6.98. The van der Waals surface area contributed by atoms with Crippen LogP contribution in [0.4, 0.5) is 0 Å².